The quantitative estimate of drug-likeness (QED) is 0.545. The Bertz CT molecular complexity index is 1000. The van der Waals surface area contributed by atoms with Crippen LogP contribution in [0.4, 0.5) is 5.69 Å². The highest BCUT2D eigenvalue weighted by atomic mass is 16.3. The highest BCUT2D eigenvalue weighted by Gasteiger charge is 2.29. The lowest BCUT2D eigenvalue weighted by atomic mass is 10.0. The van der Waals surface area contributed by atoms with Crippen molar-refractivity contribution in [2.24, 2.45) is 0 Å². The van der Waals surface area contributed by atoms with Gasteiger partial charge >= 0.3 is 0 Å². The molecule has 1 saturated heterocycles. The van der Waals surface area contributed by atoms with Crippen molar-refractivity contribution in [1.29, 1.82) is 0 Å². The minimum Gasteiger partial charge on any atom is -0.387 e. The maximum absolute atomic E-state index is 12.5. The summed E-state index contributed by atoms with van der Waals surface area (Å²) in [4.78, 5) is 12.5. The number of nitrogens with zero attached hydrogens (tertiary/aromatic N) is 2. The molecule has 0 spiro atoms. The van der Waals surface area contributed by atoms with Crippen LogP contribution in [0.2, 0.25) is 0 Å². The van der Waals surface area contributed by atoms with Crippen molar-refractivity contribution in [2.75, 3.05) is 5.32 Å². The lowest BCUT2D eigenvalue weighted by Gasteiger charge is -2.20. The van der Waals surface area contributed by atoms with Gasteiger partial charge in [0.25, 0.3) is 0 Å². The van der Waals surface area contributed by atoms with Gasteiger partial charge in [-0.15, -0.1) is 0 Å². The smallest absolute Gasteiger partial charge is 0.248 e. The number of aliphatic hydroxyl groups excluding tert-OH is 1. The summed E-state index contributed by atoms with van der Waals surface area (Å²) < 4.78 is 1.67. The molecular formula is C25H30N4O2. The van der Waals surface area contributed by atoms with Gasteiger partial charge in [0.1, 0.15) is 6.04 Å². The summed E-state index contributed by atoms with van der Waals surface area (Å²) in [5.41, 5.74) is 3.84. The number of rotatable bonds is 7. The zero-order valence-corrected chi connectivity index (χ0v) is 18.0. The summed E-state index contributed by atoms with van der Waals surface area (Å²) in [7, 11) is 0. The van der Waals surface area contributed by atoms with Gasteiger partial charge in [-0.3, -0.25) is 9.48 Å². The van der Waals surface area contributed by atoms with Crippen LogP contribution in [-0.2, 0) is 11.2 Å². The van der Waals surface area contributed by atoms with Crippen LogP contribution in [0.1, 0.15) is 48.7 Å². The molecule has 0 bridgehead atoms. The topological polar surface area (TPSA) is 79.2 Å². The third-order valence-corrected chi connectivity index (χ3v) is 6.02. The first-order chi connectivity index (χ1) is 15.0. The molecule has 4 rings (SSSR count). The third-order valence-electron chi connectivity index (χ3n) is 6.02. The van der Waals surface area contributed by atoms with Crippen LogP contribution in [0, 0.1) is 6.92 Å². The monoisotopic (exact) mass is 418 g/mol. The van der Waals surface area contributed by atoms with Crippen molar-refractivity contribution in [1.82, 2.24) is 15.1 Å². The molecule has 1 aromatic heterocycles. The number of hydrogen-bond donors (Lipinski definition) is 3. The number of aryl methyl sites for hydroxylation is 1. The molecule has 31 heavy (non-hydrogen) atoms. The highest BCUT2D eigenvalue weighted by Crippen LogP contribution is 2.27. The Morgan fingerprint density at radius 1 is 1.16 bits per heavy atom. The Hall–Kier alpha value is -2.96. The molecule has 0 unspecified atom stereocenters. The molecule has 162 valence electrons. The van der Waals surface area contributed by atoms with Crippen LogP contribution in [0.25, 0.3) is 0 Å². The fourth-order valence-electron chi connectivity index (χ4n) is 4.17. The highest BCUT2D eigenvalue weighted by molar-refractivity contribution is 5.93. The van der Waals surface area contributed by atoms with Crippen LogP contribution >= 0.6 is 0 Å². The summed E-state index contributed by atoms with van der Waals surface area (Å²) in [6.45, 7) is 3.74. The summed E-state index contributed by atoms with van der Waals surface area (Å²) in [6, 6.07) is 19.8. The Balaban J connectivity index is 1.29. The summed E-state index contributed by atoms with van der Waals surface area (Å²) >= 11 is 0. The van der Waals surface area contributed by atoms with Gasteiger partial charge in [0.2, 0.25) is 5.91 Å². The number of anilines is 1. The van der Waals surface area contributed by atoms with Gasteiger partial charge < -0.3 is 15.7 Å². The fourth-order valence-corrected chi connectivity index (χ4v) is 4.17. The van der Waals surface area contributed by atoms with Crippen molar-refractivity contribution < 1.29 is 9.90 Å². The van der Waals surface area contributed by atoms with E-state index in [2.05, 4.69) is 27.9 Å². The zero-order valence-electron chi connectivity index (χ0n) is 18.0. The Morgan fingerprint density at radius 2 is 1.90 bits per heavy atom. The Morgan fingerprint density at radius 3 is 2.58 bits per heavy atom. The van der Waals surface area contributed by atoms with E-state index in [-0.39, 0.29) is 18.0 Å². The fraction of sp³-hybridized carbons (Fsp3) is 0.360. The van der Waals surface area contributed by atoms with Crippen molar-refractivity contribution >= 4 is 11.6 Å². The Kier molecular flexibility index (Phi) is 6.49. The third kappa shape index (κ3) is 5.21. The molecule has 1 fully saturated rings. The molecule has 3 N–H and O–H groups in total. The number of aliphatic hydroxyl groups is 1. The van der Waals surface area contributed by atoms with Crippen LogP contribution in [0.15, 0.2) is 66.9 Å². The molecule has 0 radical (unpaired) electrons. The molecule has 1 aliphatic heterocycles. The largest absolute Gasteiger partial charge is 0.387 e. The number of carbonyl (C=O) groups excluding carboxylic acids is 1. The second-order valence-electron chi connectivity index (χ2n) is 8.41. The molecule has 6 heteroatoms. The van der Waals surface area contributed by atoms with E-state index in [9.17, 15) is 9.90 Å². The molecule has 2 aromatic carbocycles. The van der Waals surface area contributed by atoms with E-state index in [0.29, 0.717) is 6.04 Å². The van der Waals surface area contributed by atoms with E-state index < -0.39 is 6.10 Å². The molecular weight excluding hydrogens is 388 g/mol. The number of nitrogens with one attached hydrogen (secondary N) is 2. The first-order valence-electron chi connectivity index (χ1n) is 10.9. The van der Waals surface area contributed by atoms with Gasteiger partial charge in [0.05, 0.1) is 11.8 Å². The molecule has 0 saturated carbocycles. The van der Waals surface area contributed by atoms with E-state index in [1.807, 2.05) is 68.6 Å². The lowest BCUT2D eigenvalue weighted by Crippen LogP contribution is -2.35. The minimum absolute atomic E-state index is 0.0818. The molecule has 1 aliphatic rings. The number of hydrogen-bond acceptors (Lipinski definition) is 4. The maximum atomic E-state index is 12.5. The second kappa shape index (κ2) is 9.45. The molecule has 4 atom stereocenters. The summed E-state index contributed by atoms with van der Waals surface area (Å²) in [6.07, 6.45) is 4.23. The van der Waals surface area contributed by atoms with Crippen LogP contribution < -0.4 is 10.6 Å². The molecule has 6 nitrogen and oxygen atoms in total. The predicted molar refractivity (Wildman–Crippen MR) is 122 cm³/mol. The predicted octanol–water partition coefficient (Wildman–Crippen LogP) is 3.79. The van der Waals surface area contributed by atoms with Crippen molar-refractivity contribution in [3.63, 3.8) is 0 Å². The average molecular weight is 419 g/mol. The van der Waals surface area contributed by atoms with Crippen molar-refractivity contribution in [2.45, 2.75) is 57.3 Å². The molecule has 2 heterocycles. The Labute approximate surface area is 183 Å². The lowest BCUT2D eigenvalue weighted by molar-refractivity contribution is -0.119. The van der Waals surface area contributed by atoms with E-state index >= 15 is 0 Å². The minimum atomic E-state index is -0.482. The summed E-state index contributed by atoms with van der Waals surface area (Å²) in [5.74, 6) is -0.0916. The SMILES string of the molecule is Cc1ccn([C@@H](C)C(=O)Nc2ccc(C[C@@H]3CC[C@H]([C@H](O)c4ccccc4)N3)cc2)n1. The number of carbonyl (C=O) groups is 1. The van der Waals surface area contributed by atoms with Gasteiger partial charge in [0.15, 0.2) is 0 Å². The number of aromatic nitrogens is 2. The first-order valence-corrected chi connectivity index (χ1v) is 10.9. The van der Waals surface area contributed by atoms with E-state index in [1.54, 1.807) is 4.68 Å². The number of amides is 1. The average Bonchev–Trinajstić information content (AvgIpc) is 3.44. The van der Waals surface area contributed by atoms with Gasteiger partial charge in [-0.2, -0.15) is 5.10 Å². The molecule has 1 amide bonds. The van der Waals surface area contributed by atoms with Crippen LogP contribution in [0.5, 0.6) is 0 Å². The van der Waals surface area contributed by atoms with Gasteiger partial charge in [-0.25, -0.2) is 0 Å². The van der Waals surface area contributed by atoms with Crippen LogP contribution in [0.3, 0.4) is 0 Å². The zero-order chi connectivity index (χ0) is 21.8. The van der Waals surface area contributed by atoms with Gasteiger partial charge in [0, 0.05) is 24.0 Å². The van der Waals surface area contributed by atoms with Crippen molar-refractivity contribution in [3.8, 4) is 0 Å². The van der Waals surface area contributed by atoms with E-state index in [4.69, 9.17) is 0 Å². The van der Waals surface area contributed by atoms with Gasteiger partial charge in [-0.05, 0) is 62.4 Å². The van der Waals surface area contributed by atoms with Crippen LogP contribution in [-0.4, -0.2) is 32.9 Å². The normalized spacial score (nSPS) is 20.4. The number of benzene rings is 2. The molecule has 3 aromatic rings. The standard InChI is InChI=1S/C25H30N4O2/c1-17-14-15-29(28-17)18(2)25(31)27-21-10-8-19(9-11-21)16-22-12-13-23(26-22)24(30)20-6-4-3-5-7-20/h3-11,14-15,18,22-24,26,30H,12-13,16H2,1-2H3,(H,27,31)/t18-,22-,23+,24+/m0/s1. The summed E-state index contributed by atoms with van der Waals surface area (Å²) in [5, 5.41) is 21.5. The first kappa shape index (κ1) is 21.3. The maximum Gasteiger partial charge on any atom is 0.248 e. The van der Waals surface area contributed by atoms with Gasteiger partial charge in [-0.1, -0.05) is 42.5 Å². The van der Waals surface area contributed by atoms with E-state index in [0.717, 1.165) is 36.2 Å². The van der Waals surface area contributed by atoms with E-state index in [1.165, 1.54) is 5.56 Å². The second-order valence-corrected chi connectivity index (χ2v) is 8.41. The van der Waals surface area contributed by atoms with Crippen molar-refractivity contribution in [3.05, 3.63) is 83.7 Å². The molecule has 0 aliphatic carbocycles.